The normalized spacial score (nSPS) is 21.9. The van der Waals surface area contributed by atoms with Crippen molar-refractivity contribution in [1.82, 2.24) is 9.21 Å². The Balaban J connectivity index is 2.41. The molecule has 1 fully saturated rings. The number of rotatable bonds is 5. The Morgan fingerprint density at radius 3 is 2.54 bits per heavy atom. The molecule has 0 radical (unpaired) electrons. The van der Waals surface area contributed by atoms with E-state index in [1.54, 1.807) is 4.90 Å². The third-order valence-corrected chi connectivity index (χ3v) is 6.41. The van der Waals surface area contributed by atoms with Gasteiger partial charge in [-0.05, 0) is 51.0 Å². The molecule has 1 aromatic carbocycles. The number of sulfonamides is 1. The smallest absolute Gasteiger partial charge is 0.244 e. The molecule has 1 aliphatic heterocycles. The van der Waals surface area contributed by atoms with Gasteiger partial charge in [0.25, 0.3) is 0 Å². The highest BCUT2D eigenvalue weighted by molar-refractivity contribution is 7.89. The van der Waals surface area contributed by atoms with Gasteiger partial charge in [-0.15, -0.1) is 0 Å². The fraction of sp³-hybridized carbons (Fsp3) is 0.562. The number of benzene rings is 1. The molecule has 0 unspecified atom stereocenters. The lowest BCUT2D eigenvalue weighted by molar-refractivity contribution is -0.134. The first kappa shape index (κ1) is 18.8. The van der Waals surface area contributed by atoms with E-state index in [0.29, 0.717) is 18.7 Å². The van der Waals surface area contributed by atoms with Gasteiger partial charge < -0.3 is 10.6 Å². The van der Waals surface area contributed by atoms with Crippen LogP contribution in [0.5, 0.6) is 0 Å². The summed E-state index contributed by atoms with van der Waals surface area (Å²) in [4.78, 5) is 14.3. The topological polar surface area (TPSA) is 83.7 Å². The van der Waals surface area contributed by atoms with Gasteiger partial charge in [-0.25, -0.2) is 12.8 Å². The lowest BCUT2D eigenvalue weighted by atomic mass is 10.1. The van der Waals surface area contributed by atoms with Gasteiger partial charge in [0.15, 0.2) is 0 Å². The predicted molar refractivity (Wildman–Crippen MR) is 89.3 cm³/mol. The van der Waals surface area contributed by atoms with E-state index in [0.717, 1.165) is 6.07 Å². The van der Waals surface area contributed by atoms with Crippen LogP contribution in [0, 0.1) is 12.7 Å². The Labute approximate surface area is 142 Å². The van der Waals surface area contributed by atoms with Crippen molar-refractivity contribution in [3.63, 3.8) is 0 Å². The first-order valence-electron chi connectivity index (χ1n) is 8.04. The zero-order valence-electron chi connectivity index (χ0n) is 14.2. The lowest BCUT2D eigenvalue weighted by Gasteiger charge is -2.28. The summed E-state index contributed by atoms with van der Waals surface area (Å²) in [6.45, 7) is 6.32. The van der Waals surface area contributed by atoms with Gasteiger partial charge in [0.05, 0.1) is 4.90 Å². The van der Waals surface area contributed by atoms with E-state index in [1.807, 2.05) is 13.8 Å². The molecular weight excluding hydrogens is 333 g/mol. The molecule has 0 bridgehead atoms. The Morgan fingerprint density at radius 1 is 1.38 bits per heavy atom. The van der Waals surface area contributed by atoms with Crippen molar-refractivity contribution in [3.8, 4) is 0 Å². The minimum absolute atomic E-state index is 0.00958. The molecule has 0 aliphatic carbocycles. The second kappa shape index (κ2) is 7.16. The van der Waals surface area contributed by atoms with E-state index < -0.39 is 27.9 Å². The molecule has 24 heavy (non-hydrogen) atoms. The van der Waals surface area contributed by atoms with Crippen LogP contribution >= 0.6 is 0 Å². The number of halogens is 1. The maximum Gasteiger partial charge on any atom is 0.244 e. The van der Waals surface area contributed by atoms with Gasteiger partial charge in [-0.1, -0.05) is 0 Å². The monoisotopic (exact) mass is 357 g/mol. The molecule has 2 N–H and O–H groups in total. The third-order valence-electron chi connectivity index (χ3n) is 4.37. The van der Waals surface area contributed by atoms with Crippen molar-refractivity contribution in [2.24, 2.45) is 5.73 Å². The molecule has 1 aliphatic rings. The van der Waals surface area contributed by atoms with Crippen molar-refractivity contribution < 1.29 is 17.6 Å². The summed E-state index contributed by atoms with van der Waals surface area (Å²) in [5.74, 6) is -0.739. The van der Waals surface area contributed by atoms with Gasteiger partial charge in [0, 0.05) is 25.7 Å². The summed E-state index contributed by atoms with van der Waals surface area (Å²) >= 11 is 0. The molecule has 2 rings (SSSR count). The van der Waals surface area contributed by atoms with Crippen molar-refractivity contribution in [2.45, 2.75) is 44.2 Å². The maximum atomic E-state index is 13.3. The Kier molecular flexibility index (Phi) is 5.62. The number of hydrogen-bond acceptors (Lipinski definition) is 4. The summed E-state index contributed by atoms with van der Waals surface area (Å²) in [5, 5.41) is 0. The summed E-state index contributed by atoms with van der Waals surface area (Å²) in [6.07, 6.45) is 0.287. The molecule has 8 heteroatoms. The molecule has 134 valence electrons. The quantitative estimate of drug-likeness (QED) is 0.855. The number of amides is 1. The van der Waals surface area contributed by atoms with Crippen molar-refractivity contribution >= 4 is 15.9 Å². The first-order chi connectivity index (χ1) is 11.2. The molecule has 6 nitrogen and oxygen atoms in total. The predicted octanol–water partition coefficient (Wildman–Crippen LogP) is 1.09. The maximum absolute atomic E-state index is 13.3. The number of hydrogen-bond donors (Lipinski definition) is 1. The lowest BCUT2D eigenvalue weighted by Crippen LogP contribution is -2.47. The van der Waals surface area contributed by atoms with Crippen LogP contribution in [0.25, 0.3) is 0 Å². The summed E-state index contributed by atoms with van der Waals surface area (Å²) in [5.41, 5.74) is 6.25. The van der Waals surface area contributed by atoms with Crippen molar-refractivity contribution in [3.05, 3.63) is 29.6 Å². The minimum atomic E-state index is -3.92. The average Bonchev–Trinajstić information content (AvgIpc) is 2.90. The highest BCUT2D eigenvalue weighted by atomic mass is 32.2. The van der Waals surface area contributed by atoms with Gasteiger partial charge in [-0.2, -0.15) is 4.31 Å². The van der Waals surface area contributed by atoms with E-state index in [4.69, 9.17) is 5.73 Å². The van der Waals surface area contributed by atoms with Crippen molar-refractivity contribution in [1.29, 1.82) is 0 Å². The number of aryl methyl sites for hydroxylation is 1. The molecular formula is C16H24FN3O3S. The Morgan fingerprint density at radius 2 is 2.00 bits per heavy atom. The zero-order chi connectivity index (χ0) is 18.1. The summed E-state index contributed by atoms with van der Waals surface area (Å²) in [6, 6.07) is 2.31. The van der Waals surface area contributed by atoms with Crippen LogP contribution in [0.3, 0.4) is 0 Å². The molecule has 1 heterocycles. The van der Waals surface area contributed by atoms with E-state index in [2.05, 4.69) is 0 Å². The summed E-state index contributed by atoms with van der Waals surface area (Å²) < 4.78 is 40.5. The van der Waals surface area contributed by atoms with Crippen LogP contribution in [0.4, 0.5) is 4.39 Å². The van der Waals surface area contributed by atoms with Crippen LogP contribution in [0.2, 0.25) is 0 Å². The number of nitrogens with two attached hydrogens (primary N) is 1. The van der Waals surface area contributed by atoms with Gasteiger partial charge in [-0.3, -0.25) is 4.79 Å². The number of nitrogens with zero attached hydrogens (tertiary/aromatic N) is 2. The highest BCUT2D eigenvalue weighted by Crippen LogP contribution is 2.28. The van der Waals surface area contributed by atoms with E-state index in [-0.39, 0.29) is 23.8 Å². The second-order valence-corrected chi connectivity index (χ2v) is 7.87. The highest BCUT2D eigenvalue weighted by Gasteiger charge is 2.44. The number of carbonyl (C=O) groups excluding carboxylic acids is 1. The molecule has 0 saturated carbocycles. The van der Waals surface area contributed by atoms with E-state index in [9.17, 15) is 17.6 Å². The number of carbonyl (C=O) groups is 1. The van der Waals surface area contributed by atoms with E-state index in [1.165, 1.54) is 23.4 Å². The van der Waals surface area contributed by atoms with E-state index >= 15 is 0 Å². The van der Waals surface area contributed by atoms with Crippen LogP contribution < -0.4 is 5.73 Å². The number of likely N-dealkylation sites (N-methyl/N-ethyl adjacent to an activating group) is 1. The molecule has 1 saturated heterocycles. The fourth-order valence-corrected chi connectivity index (χ4v) is 4.96. The Hall–Kier alpha value is -1.51. The first-order valence-corrected chi connectivity index (χ1v) is 9.48. The zero-order valence-corrected chi connectivity index (χ0v) is 15.0. The van der Waals surface area contributed by atoms with Gasteiger partial charge in [0.1, 0.15) is 11.9 Å². The molecule has 0 spiro atoms. The molecule has 2 atom stereocenters. The molecule has 1 amide bonds. The van der Waals surface area contributed by atoms with Crippen LogP contribution in [0.1, 0.15) is 25.8 Å². The second-order valence-electron chi connectivity index (χ2n) is 6.01. The fourth-order valence-electron chi connectivity index (χ4n) is 3.10. The average molecular weight is 357 g/mol. The summed E-state index contributed by atoms with van der Waals surface area (Å²) in [7, 11) is -3.92. The standard InChI is InChI=1S/C16H24FN3O3S/c1-4-19(5-2)16(21)14-9-13(18)10-20(14)24(22,23)15-7-6-12(17)8-11(15)3/h6-8,13-14H,4-5,9-10,18H2,1-3H3/t13-,14-/m0/s1. The van der Waals surface area contributed by atoms with Crippen LogP contribution in [0.15, 0.2) is 23.1 Å². The largest absolute Gasteiger partial charge is 0.342 e. The third kappa shape index (κ3) is 3.45. The molecule has 0 aromatic heterocycles. The molecule has 1 aromatic rings. The van der Waals surface area contributed by atoms with Gasteiger partial charge in [0.2, 0.25) is 15.9 Å². The Bertz CT molecular complexity index is 719. The minimum Gasteiger partial charge on any atom is -0.342 e. The van der Waals surface area contributed by atoms with Gasteiger partial charge >= 0.3 is 0 Å². The SMILES string of the molecule is CCN(CC)C(=O)[C@@H]1C[C@H](N)CN1S(=O)(=O)c1ccc(F)cc1C. The van der Waals surface area contributed by atoms with Crippen LogP contribution in [-0.2, 0) is 14.8 Å². The van der Waals surface area contributed by atoms with Crippen molar-refractivity contribution in [2.75, 3.05) is 19.6 Å². The van der Waals surface area contributed by atoms with Crippen LogP contribution in [-0.4, -0.2) is 55.2 Å².